The maximum Gasteiger partial charge on any atom is 0.0618 e. The van der Waals surface area contributed by atoms with Crippen LogP contribution in [0.15, 0.2) is 12.4 Å². The van der Waals surface area contributed by atoms with Crippen LogP contribution in [0.4, 0.5) is 0 Å². The van der Waals surface area contributed by atoms with E-state index in [1.54, 1.807) is 12.4 Å². The number of hydrogen-bond acceptors (Lipinski definition) is 2. The van der Waals surface area contributed by atoms with Crippen LogP contribution < -0.4 is 0 Å². The summed E-state index contributed by atoms with van der Waals surface area (Å²) in [6.07, 6.45) is 9.33. The minimum Gasteiger partial charge on any atom is -0.258 e. The number of unbranched alkanes of at least 4 members (excludes halogenated alkanes) is 1. The van der Waals surface area contributed by atoms with Crippen LogP contribution in [0, 0.1) is 0 Å². The average molecular weight is 178 g/mol. The van der Waals surface area contributed by atoms with Gasteiger partial charge in [0.25, 0.3) is 0 Å². The van der Waals surface area contributed by atoms with Gasteiger partial charge in [-0.15, -0.1) is 0 Å². The van der Waals surface area contributed by atoms with E-state index in [0.717, 1.165) is 19.3 Å². The number of aromatic nitrogens is 2. The molecule has 0 aromatic carbocycles. The summed E-state index contributed by atoms with van der Waals surface area (Å²) in [4.78, 5) is 8.73. The normalized spacial score (nSPS) is 10.3. The standard InChI is InChI=1S/C11H18N2/c1-3-5-7-11-10(6-4-2)12-8-9-13-11/h8-9H,3-7H2,1-2H3. The number of aryl methyl sites for hydroxylation is 2. The van der Waals surface area contributed by atoms with Crippen LogP contribution in [0.3, 0.4) is 0 Å². The van der Waals surface area contributed by atoms with E-state index in [1.165, 1.54) is 24.2 Å². The van der Waals surface area contributed by atoms with Gasteiger partial charge in [-0.05, 0) is 19.3 Å². The van der Waals surface area contributed by atoms with E-state index in [-0.39, 0.29) is 0 Å². The lowest BCUT2D eigenvalue weighted by Gasteiger charge is -2.04. The first kappa shape index (κ1) is 10.2. The molecule has 0 amide bonds. The van der Waals surface area contributed by atoms with Gasteiger partial charge in [-0.25, -0.2) is 0 Å². The lowest BCUT2D eigenvalue weighted by Crippen LogP contribution is -2.00. The van der Waals surface area contributed by atoms with E-state index in [9.17, 15) is 0 Å². The topological polar surface area (TPSA) is 25.8 Å². The van der Waals surface area contributed by atoms with Crippen LogP contribution in [0.5, 0.6) is 0 Å². The molecule has 0 aliphatic rings. The molecule has 0 N–H and O–H groups in total. The maximum atomic E-state index is 4.37. The van der Waals surface area contributed by atoms with Gasteiger partial charge in [0.05, 0.1) is 11.4 Å². The molecule has 72 valence electrons. The fourth-order valence-corrected chi connectivity index (χ4v) is 1.39. The molecule has 1 heterocycles. The third kappa shape index (κ3) is 3.13. The molecule has 1 aromatic rings. The molecule has 1 rings (SSSR count). The Bertz CT molecular complexity index is 246. The Labute approximate surface area is 80.4 Å². The quantitative estimate of drug-likeness (QED) is 0.693. The maximum absolute atomic E-state index is 4.37. The van der Waals surface area contributed by atoms with Crippen molar-refractivity contribution >= 4 is 0 Å². The van der Waals surface area contributed by atoms with Crippen LogP contribution in [-0.4, -0.2) is 9.97 Å². The highest BCUT2D eigenvalue weighted by molar-refractivity contribution is 5.10. The molecule has 0 unspecified atom stereocenters. The second kappa shape index (κ2) is 5.68. The van der Waals surface area contributed by atoms with E-state index < -0.39 is 0 Å². The zero-order valence-corrected chi connectivity index (χ0v) is 8.58. The van der Waals surface area contributed by atoms with Crippen molar-refractivity contribution in [1.82, 2.24) is 9.97 Å². The molecule has 1 aromatic heterocycles. The summed E-state index contributed by atoms with van der Waals surface area (Å²) in [6.45, 7) is 4.38. The first-order valence-corrected chi connectivity index (χ1v) is 5.17. The Morgan fingerprint density at radius 2 is 1.54 bits per heavy atom. The first-order valence-electron chi connectivity index (χ1n) is 5.17. The molecule has 0 atom stereocenters. The largest absolute Gasteiger partial charge is 0.258 e. The third-order valence-electron chi connectivity index (χ3n) is 2.11. The smallest absolute Gasteiger partial charge is 0.0618 e. The Morgan fingerprint density at radius 1 is 0.923 bits per heavy atom. The number of nitrogens with zero attached hydrogens (tertiary/aromatic N) is 2. The fraction of sp³-hybridized carbons (Fsp3) is 0.636. The summed E-state index contributed by atoms with van der Waals surface area (Å²) >= 11 is 0. The number of rotatable bonds is 5. The lowest BCUT2D eigenvalue weighted by molar-refractivity contribution is 0.744. The van der Waals surface area contributed by atoms with Gasteiger partial charge in [0.15, 0.2) is 0 Å². The van der Waals surface area contributed by atoms with Crippen LogP contribution in [0.2, 0.25) is 0 Å². The van der Waals surface area contributed by atoms with Gasteiger partial charge in [0, 0.05) is 12.4 Å². The van der Waals surface area contributed by atoms with E-state index in [1.807, 2.05) is 0 Å². The summed E-state index contributed by atoms with van der Waals surface area (Å²) in [7, 11) is 0. The summed E-state index contributed by atoms with van der Waals surface area (Å²) in [5, 5.41) is 0. The van der Waals surface area contributed by atoms with Crippen LogP contribution in [0.25, 0.3) is 0 Å². The van der Waals surface area contributed by atoms with Gasteiger partial charge in [-0.2, -0.15) is 0 Å². The second-order valence-electron chi connectivity index (χ2n) is 3.30. The summed E-state index contributed by atoms with van der Waals surface area (Å²) in [5.74, 6) is 0. The molecular formula is C11H18N2. The molecule has 2 heteroatoms. The molecule has 0 saturated heterocycles. The molecule has 0 saturated carbocycles. The van der Waals surface area contributed by atoms with E-state index >= 15 is 0 Å². The Hall–Kier alpha value is -0.920. The Kier molecular flexibility index (Phi) is 4.44. The average Bonchev–Trinajstić information content (AvgIpc) is 2.17. The van der Waals surface area contributed by atoms with Crippen molar-refractivity contribution in [2.45, 2.75) is 46.0 Å². The van der Waals surface area contributed by atoms with Crippen molar-refractivity contribution in [3.05, 3.63) is 23.8 Å². The lowest BCUT2D eigenvalue weighted by atomic mass is 10.1. The molecule has 0 spiro atoms. The monoisotopic (exact) mass is 178 g/mol. The highest BCUT2D eigenvalue weighted by Crippen LogP contribution is 2.08. The van der Waals surface area contributed by atoms with Crippen molar-refractivity contribution in [3.8, 4) is 0 Å². The highest BCUT2D eigenvalue weighted by atomic mass is 14.8. The first-order chi connectivity index (χ1) is 6.38. The van der Waals surface area contributed by atoms with E-state index in [2.05, 4.69) is 23.8 Å². The molecular weight excluding hydrogens is 160 g/mol. The van der Waals surface area contributed by atoms with E-state index in [4.69, 9.17) is 0 Å². The molecule has 0 aliphatic carbocycles. The van der Waals surface area contributed by atoms with Crippen LogP contribution >= 0.6 is 0 Å². The van der Waals surface area contributed by atoms with Crippen molar-refractivity contribution in [2.75, 3.05) is 0 Å². The second-order valence-corrected chi connectivity index (χ2v) is 3.30. The van der Waals surface area contributed by atoms with Crippen LogP contribution in [0.1, 0.15) is 44.5 Å². The minimum atomic E-state index is 1.06. The van der Waals surface area contributed by atoms with Gasteiger partial charge in [0.1, 0.15) is 0 Å². The molecule has 0 fully saturated rings. The van der Waals surface area contributed by atoms with Gasteiger partial charge in [-0.1, -0.05) is 26.7 Å². The predicted molar refractivity (Wildman–Crippen MR) is 54.6 cm³/mol. The summed E-state index contributed by atoms with van der Waals surface area (Å²) < 4.78 is 0. The van der Waals surface area contributed by atoms with Gasteiger partial charge >= 0.3 is 0 Å². The predicted octanol–water partition coefficient (Wildman–Crippen LogP) is 2.77. The van der Waals surface area contributed by atoms with E-state index in [0.29, 0.717) is 0 Å². The molecule has 0 aliphatic heterocycles. The van der Waals surface area contributed by atoms with Gasteiger partial charge in [0.2, 0.25) is 0 Å². The zero-order chi connectivity index (χ0) is 9.52. The summed E-state index contributed by atoms with van der Waals surface area (Å²) in [6, 6.07) is 0. The zero-order valence-electron chi connectivity index (χ0n) is 8.58. The van der Waals surface area contributed by atoms with Crippen molar-refractivity contribution in [3.63, 3.8) is 0 Å². The molecule has 0 radical (unpaired) electrons. The Balaban J connectivity index is 2.66. The number of hydrogen-bond donors (Lipinski definition) is 0. The Morgan fingerprint density at radius 3 is 2.08 bits per heavy atom. The van der Waals surface area contributed by atoms with Crippen molar-refractivity contribution in [2.24, 2.45) is 0 Å². The van der Waals surface area contributed by atoms with Crippen molar-refractivity contribution in [1.29, 1.82) is 0 Å². The fourth-order valence-electron chi connectivity index (χ4n) is 1.39. The van der Waals surface area contributed by atoms with Gasteiger partial charge in [-0.3, -0.25) is 9.97 Å². The summed E-state index contributed by atoms with van der Waals surface area (Å²) in [5.41, 5.74) is 2.39. The highest BCUT2D eigenvalue weighted by Gasteiger charge is 2.02. The van der Waals surface area contributed by atoms with Crippen molar-refractivity contribution < 1.29 is 0 Å². The van der Waals surface area contributed by atoms with Crippen LogP contribution in [-0.2, 0) is 12.8 Å². The molecule has 13 heavy (non-hydrogen) atoms. The molecule has 0 bridgehead atoms. The van der Waals surface area contributed by atoms with Gasteiger partial charge < -0.3 is 0 Å². The minimum absolute atomic E-state index is 1.06. The third-order valence-corrected chi connectivity index (χ3v) is 2.11. The SMILES string of the molecule is CCCCc1nccnc1CCC. The molecule has 2 nitrogen and oxygen atoms in total.